The first-order valence-corrected chi connectivity index (χ1v) is 8.54. The van der Waals surface area contributed by atoms with E-state index in [-0.39, 0.29) is 22.2 Å². The molecule has 3 rings (SSSR count). The number of H-pyrrole nitrogens is 1. The lowest BCUT2D eigenvalue weighted by Crippen LogP contribution is -2.14. The molecule has 0 atom stereocenters. The van der Waals surface area contributed by atoms with Crippen LogP contribution in [-0.4, -0.2) is 39.7 Å². The van der Waals surface area contributed by atoms with Crippen molar-refractivity contribution >= 4 is 52.1 Å². The summed E-state index contributed by atoms with van der Waals surface area (Å²) in [5.74, 6) is -0.0722. The van der Waals surface area contributed by atoms with Crippen LogP contribution in [0.1, 0.15) is 10.4 Å². The van der Waals surface area contributed by atoms with Gasteiger partial charge in [-0.05, 0) is 24.3 Å². The first-order chi connectivity index (χ1) is 12.1. The number of aromatic amines is 1. The highest BCUT2D eigenvalue weighted by Crippen LogP contribution is 2.26. The van der Waals surface area contributed by atoms with E-state index in [4.69, 9.17) is 11.6 Å². The summed E-state index contributed by atoms with van der Waals surface area (Å²) >= 11 is 7.31. The van der Waals surface area contributed by atoms with Gasteiger partial charge >= 0.3 is 5.97 Å². The summed E-state index contributed by atoms with van der Waals surface area (Å²) in [5, 5.41) is 3.51. The molecule has 0 saturated carbocycles. The number of halogens is 1. The number of pyridine rings is 1. The summed E-state index contributed by atoms with van der Waals surface area (Å²) in [6.45, 7) is 0. The van der Waals surface area contributed by atoms with Crippen LogP contribution in [0.2, 0.25) is 5.02 Å². The van der Waals surface area contributed by atoms with Gasteiger partial charge in [0.05, 0.1) is 34.5 Å². The van der Waals surface area contributed by atoms with Crippen molar-refractivity contribution < 1.29 is 14.3 Å². The van der Waals surface area contributed by atoms with Gasteiger partial charge in [0.15, 0.2) is 5.16 Å². The average molecular weight is 377 g/mol. The third kappa shape index (κ3) is 4.09. The molecule has 0 fully saturated rings. The molecule has 2 N–H and O–H groups in total. The predicted octanol–water partition coefficient (Wildman–Crippen LogP) is 3.13. The Morgan fingerprint density at radius 3 is 2.92 bits per heavy atom. The number of hydrogen-bond donors (Lipinski definition) is 2. The number of anilines is 1. The smallest absolute Gasteiger partial charge is 0.339 e. The number of carbonyl (C=O) groups is 2. The van der Waals surface area contributed by atoms with Crippen molar-refractivity contribution in [3.63, 3.8) is 0 Å². The number of nitrogens with zero attached hydrogens (tertiary/aromatic N) is 2. The van der Waals surface area contributed by atoms with E-state index in [1.807, 2.05) is 0 Å². The third-order valence-corrected chi connectivity index (χ3v) is 4.41. The van der Waals surface area contributed by atoms with Crippen molar-refractivity contribution in [2.75, 3.05) is 18.2 Å². The number of nitrogens with one attached hydrogen (secondary N) is 2. The number of ether oxygens (including phenoxy) is 1. The van der Waals surface area contributed by atoms with Crippen molar-refractivity contribution in [2.45, 2.75) is 5.16 Å². The van der Waals surface area contributed by atoms with Crippen LogP contribution in [0.5, 0.6) is 0 Å². The molecule has 2 heterocycles. The standard InChI is InChI=1S/C16H13ClN4O3S/c1-24-15(23)9-6-11-12(7-10(9)17)20-16(19-11)25-8-14(22)21-13-4-2-3-5-18-13/h2-7H,8H2,1H3,(H,19,20)(H,18,21,22). The second-order valence-corrected chi connectivity index (χ2v) is 6.31. The van der Waals surface area contributed by atoms with E-state index in [2.05, 4.69) is 25.0 Å². The van der Waals surface area contributed by atoms with Gasteiger partial charge in [0.1, 0.15) is 5.82 Å². The van der Waals surface area contributed by atoms with Gasteiger partial charge in [-0.25, -0.2) is 14.8 Å². The molecular formula is C16H13ClN4O3S. The molecule has 128 valence electrons. The third-order valence-electron chi connectivity index (χ3n) is 3.23. The molecule has 0 radical (unpaired) electrons. The highest BCUT2D eigenvalue weighted by Gasteiger charge is 2.15. The Kier molecular flexibility index (Phi) is 5.20. The number of rotatable bonds is 5. The zero-order valence-electron chi connectivity index (χ0n) is 13.1. The molecule has 25 heavy (non-hydrogen) atoms. The first kappa shape index (κ1) is 17.2. The molecule has 0 aliphatic heterocycles. The van der Waals surface area contributed by atoms with E-state index in [1.54, 1.807) is 36.5 Å². The van der Waals surface area contributed by atoms with Crippen LogP contribution in [0.4, 0.5) is 5.82 Å². The van der Waals surface area contributed by atoms with E-state index in [0.717, 1.165) is 0 Å². The van der Waals surface area contributed by atoms with Crippen LogP contribution < -0.4 is 5.32 Å². The number of benzene rings is 1. The van der Waals surface area contributed by atoms with Gasteiger partial charge in [0, 0.05) is 6.20 Å². The Bertz CT molecular complexity index is 930. The molecule has 0 saturated heterocycles. The highest BCUT2D eigenvalue weighted by atomic mass is 35.5. The molecule has 7 nitrogen and oxygen atoms in total. The number of methoxy groups -OCH3 is 1. The minimum absolute atomic E-state index is 0.161. The maximum Gasteiger partial charge on any atom is 0.339 e. The van der Waals surface area contributed by atoms with E-state index in [0.29, 0.717) is 22.0 Å². The van der Waals surface area contributed by atoms with Crippen LogP contribution >= 0.6 is 23.4 Å². The van der Waals surface area contributed by atoms with Gasteiger partial charge in [0.25, 0.3) is 0 Å². The monoisotopic (exact) mass is 376 g/mol. The second kappa shape index (κ2) is 7.54. The molecule has 0 aliphatic rings. The number of hydrogen-bond acceptors (Lipinski definition) is 6. The molecule has 0 bridgehead atoms. The number of carbonyl (C=O) groups excluding carboxylic acids is 2. The lowest BCUT2D eigenvalue weighted by atomic mass is 10.2. The van der Waals surface area contributed by atoms with Gasteiger partial charge in [-0.2, -0.15) is 0 Å². The number of esters is 1. The van der Waals surface area contributed by atoms with Crippen molar-refractivity contribution in [3.05, 3.63) is 47.1 Å². The topological polar surface area (TPSA) is 97.0 Å². The summed E-state index contributed by atoms with van der Waals surface area (Å²) in [4.78, 5) is 35.1. The van der Waals surface area contributed by atoms with Crippen LogP contribution in [0, 0.1) is 0 Å². The van der Waals surface area contributed by atoms with Crippen molar-refractivity contribution in [1.82, 2.24) is 15.0 Å². The summed E-state index contributed by atoms with van der Waals surface area (Å²) < 4.78 is 4.68. The Hall–Kier alpha value is -2.58. The van der Waals surface area contributed by atoms with E-state index >= 15 is 0 Å². The molecule has 0 spiro atoms. The molecule has 2 aromatic heterocycles. The summed E-state index contributed by atoms with van der Waals surface area (Å²) in [7, 11) is 1.29. The van der Waals surface area contributed by atoms with E-state index in [1.165, 1.54) is 18.9 Å². The molecule has 0 unspecified atom stereocenters. The van der Waals surface area contributed by atoms with E-state index in [9.17, 15) is 9.59 Å². The Morgan fingerprint density at radius 2 is 2.20 bits per heavy atom. The summed E-state index contributed by atoms with van der Waals surface area (Å²) in [6.07, 6.45) is 1.60. The minimum Gasteiger partial charge on any atom is -0.465 e. The molecule has 0 aliphatic carbocycles. The fourth-order valence-electron chi connectivity index (χ4n) is 2.09. The minimum atomic E-state index is -0.529. The van der Waals surface area contributed by atoms with Crippen molar-refractivity contribution in [3.8, 4) is 0 Å². The fraction of sp³-hybridized carbons (Fsp3) is 0.125. The molecule has 1 amide bonds. The average Bonchev–Trinajstić information content (AvgIpc) is 3.01. The second-order valence-electron chi connectivity index (χ2n) is 4.93. The number of fused-ring (bicyclic) bond motifs is 1. The highest BCUT2D eigenvalue weighted by molar-refractivity contribution is 7.99. The first-order valence-electron chi connectivity index (χ1n) is 7.18. The number of thioether (sulfide) groups is 1. The number of amides is 1. The molecule has 1 aromatic carbocycles. The normalized spacial score (nSPS) is 10.6. The Morgan fingerprint density at radius 1 is 1.36 bits per heavy atom. The zero-order chi connectivity index (χ0) is 17.8. The van der Waals surface area contributed by atoms with Gasteiger partial charge in [-0.15, -0.1) is 0 Å². The van der Waals surface area contributed by atoms with Crippen molar-refractivity contribution in [1.29, 1.82) is 0 Å². The zero-order valence-corrected chi connectivity index (χ0v) is 14.6. The number of imidazole rings is 1. The van der Waals surface area contributed by atoms with Gasteiger partial charge in [-0.3, -0.25) is 4.79 Å². The Labute approximate surface area is 152 Å². The predicted molar refractivity (Wildman–Crippen MR) is 96.0 cm³/mol. The summed E-state index contributed by atoms with van der Waals surface area (Å²) in [5.41, 5.74) is 1.48. The lowest BCUT2D eigenvalue weighted by Gasteiger charge is -2.02. The van der Waals surface area contributed by atoms with Gasteiger partial charge in [-0.1, -0.05) is 29.4 Å². The number of aromatic nitrogens is 3. The maximum absolute atomic E-state index is 11.9. The Balaban J connectivity index is 1.70. The van der Waals surface area contributed by atoms with Gasteiger partial charge in [0.2, 0.25) is 5.91 Å². The lowest BCUT2D eigenvalue weighted by molar-refractivity contribution is -0.113. The van der Waals surface area contributed by atoms with Crippen molar-refractivity contribution in [2.24, 2.45) is 0 Å². The molecule has 3 aromatic rings. The van der Waals surface area contributed by atoms with Crippen LogP contribution in [-0.2, 0) is 9.53 Å². The largest absolute Gasteiger partial charge is 0.465 e. The van der Waals surface area contributed by atoms with Gasteiger partial charge < -0.3 is 15.0 Å². The molecular weight excluding hydrogens is 364 g/mol. The SMILES string of the molecule is COC(=O)c1cc2nc(SCC(=O)Nc3ccccn3)[nH]c2cc1Cl. The maximum atomic E-state index is 11.9. The van der Waals surface area contributed by atoms with Crippen LogP contribution in [0.15, 0.2) is 41.7 Å². The van der Waals surface area contributed by atoms with Crippen LogP contribution in [0.25, 0.3) is 11.0 Å². The summed E-state index contributed by atoms with van der Waals surface area (Å²) in [6, 6.07) is 8.43. The quantitative estimate of drug-likeness (QED) is 0.524. The fourth-order valence-corrected chi connectivity index (χ4v) is 3.02. The van der Waals surface area contributed by atoms with Crippen LogP contribution in [0.3, 0.4) is 0 Å². The van der Waals surface area contributed by atoms with E-state index < -0.39 is 5.97 Å². The molecule has 9 heteroatoms.